The van der Waals surface area contributed by atoms with Crippen molar-refractivity contribution in [3.8, 4) is 11.4 Å². The van der Waals surface area contributed by atoms with Crippen molar-refractivity contribution in [1.82, 2.24) is 15.0 Å². The smallest absolute Gasteiger partial charge is 0.257 e. The number of carbonyl (C=O) groups excluding carboxylic acids is 1. The van der Waals surface area contributed by atoms with E-state index in [9.17, 15) is 9.18 Å². The van der Waals surface area contributed by atoms with E-state index < -0.39 is 11.7 Å². The zero-order valence-electron chi connectivity index (χ0n) is 13.0. The third kappa shape index (κ3) is 3.97. The highest BCUT2D eigenvalue weighted by Gasteiger charge is 2.19. The van der Waals surface area contributed by atoms with Gasteiger partial charge in [-0.1, -0.05) is 28.4 Å². The Bertz CT molecular complexity index is 913. The fourth-order valence-electron chi connectivity index (χ4n) is 2.18. The molecule has 0 N–H and O–H groups in total. The summed E-state index contributed by atoms with van der Waals surface area (Å²) >= 11 is 11.5. The van der Waals surface area contributed by atoms with Crippen LogP contribution in [0.5, 0.6) is 0 Å². The van der Waals surface area contributed by atoms with Crippen LogP contribution in [-0.2, 0) is 6.54 Å². The maximum Gasteiger partial charge on any atom is 0.257 e. The van der Waals surface area contributed by atoms with Crippen LogP contribution >= 0.6 is 23.2 Å². The van der Waals surface area contributed by atoms with E-state index in [1.165, 1.54) is 24.1 Å². The first-order valence-corrected chi connectivity index (χ1v) is 7.98. The Morgan fingerprint density at radius 2 is 1.84 bits per heavy atom. The lowest BCUT2D eigenvalue weighted by atomic mass is 10.2. The molecule has 5 nitrogen and oxygen atoms in total. The summed E-state index contributed by atoms with van der Waals surface area (Å²) in [4.78, 5) is 17.9. The van der Waals surface area contributed by atoms with E-state index in [-0.39, 0.29) is 23.0 Å². The summed E-state index contributed by atoms with van der Waals surface area (Å²) in [6.07, 6.45) is 0. The number of benzene rings is 2. The molecule has 3 aromatic rings. The molecule has 1 aromatic heterocycles. The van der Waals surface area contributed by atoms with Crippen LogP contribution in [-0.4, -0.2) is 28.0 Å². The first kappa shape index (κ1) is 17.4. The molecule has 0 spiro atoms. The Hall–Kier alpha value is -2.44. The van der Waals surface area contributed by atoms with Crippen molar-refractivity contribution in [3.63, 3.8) is 0 Å². The molecule has 128 valence electrons. The van der Waals surface area contributed by atoms with E-state index >= 15 is 0 Å². The van der Waals surface area contributed by atoms with Crippen LogP contribution < -0.4 is 0 Å². The number of halogens is 3. The first-order valence-electron chi connectivity index (χ1n) is 7.23. The molecule has 0 fully saturated rings. The van der Waals surface area contributed by atoms with Gasteiger partial charge in [-0.2, -0.15) is 4.98 Å². The number of aromatic nitrogens is 2. The Morgan fingerprint density at radius 1 is 1.16 bits per heavy atom. The van der Waals surface area contributed by atoms with Gasteiger partial charge in [-0.3, -0.25) is 4.79 Å². The molecule has 1 amide bonds. The van der Waals surface area contributed by atoms with Gasteiger partial charge < -0.3 is 9.42 Å². The molecule has 0 bridgehead atoms. The van der Waals surface area contributed by atoms with Gasteiger partial charge in [0.25, 0.3) is 5.91 Å². The number of hydrogen-bond acceptors (Lipinski definition) is 4. The summed E-state index contributed by atoms with van der Waals surface area (Å²) in [5.41, 5.74) is 0.654. The lowest BCUT2D eigenvalue weighted by molar-refractivity contribution is 0.0765. The Balaban J connectivity index is 1.74. The fourth-order valence-corrected chi connectivity index (χ4v) is 2.46. The van der Waals surface area contributed by atoms with Crippen LogP contribution in [0.2, 0.25) is 10.0 Å². The molecule has 0 aliphatic rings. The van der Waals surface area contributed by atoms with Crippen LogP contribution in [0.25, 0.3) is 11.4 Å². The standard InChI is InChI=1S/C17H12Cl2FN3O2/c1-23(17(24)13-7-6-12(19)8-14(13)20)9-15-21-16(22-25-15)10-2-4-11(18)5-3-10/h2-8H,9H2,1H3. The maximum atomic E-state index is 13.9. The zero-order valence-corrected chi connectivity index (χ0v) is 14.6. The molecular formula is C17H12Cl2FN3O2. The van der Waals surface area contributed by atoms with Crippen molar-refractivity contribution in [2.45, 2.75) is 6.54 Å². The van der Waals surface area contributed by atoms with E-state index in [0.29, 0.717) is 10.8 Å². The average molecular weight is 380 g/mol. The van der Waals surface area contributed by atoms with Gasteiger partial charge in [0.15, 0.2) is 0 Å². The van der Waals surface area contributed by atoms with Crippen molar-refractivity contribution < 1.29 is 13.7 Å². The molecule has 2 aromatic carbocycles. The number of carbonyl (C=O) groups is 1. The topological polar surface area (TPSA) is 59.2 Å². The van der Waals surface area contributed by atoms with Crippen molar-refractivity contribution in [2.75, 3.05) is 7.05 Å². The Kier molecular flexibility index (Phi) is 5.01. The summed E-state index contributed by atoms with van der Waals surface area (Å²) in [5.74, 6) is -0.586. The van der Waals surface area contributed by atoms with Gasteiger partial charge in [0.1, 0.15) is 5.82 Å². The molecule has 3 rings (SSSR count). The lowest BCUT2D eigenvalue weighted by Crippen LogP contribution is -2.27. The fraction of sp³-hybridized carbons (Fsp3) is 0.118. The highest BCUT2D eigenvalue weighted by atomic mass is 35.5. The summed E-state index contributed by atoms with van der Waals surface area (Å²) in [5, 5.41) is 4.69. The van der Waals surface area contributed by atoms with E-state index in [1.54, 1.807) is 24.3 Å². The second-order valence-electron chi connectivity index (χ2n) is 5.30. The average Bonchev–Trinajstić information content (AvgIpc) is 3.03. The third-order valence-electron chi connectivity index (χ3n) is 3.45. The molecule has 25 heavy (non-hydrogen) atoms. The largest absolute Gasteiger partial charge is 0.337 e. The normalized spacial score (nSPS) is 10.7. The van der Waals surface area contributed by atoms with Crippen LogP contribution in [0.15, 0.2) is 47.0 Å². The van der Waals surface area contributed by atoms with Gasteiger partial charge in [-0.25, -0.2) is 4.39 Å². The van der Waals surface area contributed by atoms with Crippen molar-refractivity contribution in [1.29, 1.82) is 0 Å². The second-order valence-corrected chi connectivity index (χ2v) is 6.18. The number of amides is 1. The van der Waals surface area contributed by atoms with Gasteiger partial charge in [-0.15, -0.1) is 0 Å². The maximum absolute atomic E-state index is 13.9. The van der Waals surface area contributed by atoms with Crippen molar-refractivity contribution in [3.05, 3.63) is 69.8 Å². The van der Waals surface area contributed by atoms with Crippen LogP contribution in [0.3, 0.4) is 0 Å². The predicted molar refractivity (Wildman–Crippen MR) is 92.0 cm³/mol. The molecule has 0 atom stereocenters. The van der Waals surface area contributed by atoms with E-state index in [1.807, 2.05) is 0 Å². The molecule has 0 saturated heterocycles. The van der Waals surface area contributed by atoms with Gasteiger partial charge in [0, 0.05) is 22.7 Å². The van der Waals surface area contributed by atoms with E-state index in [2.05, 4.69) is 10.1 Å². The first-order chi connectivity index (χ1) is 11.9. The number of nitrogens with zero attached hydrogens (tertiary/aromatic N) is 3. The lowest BCUT2D eigenvalue weighted by Gasteiger charge is -2.15. The van der Waals surface area contributed by atoms with Crippen LogP contribution in [0.1, 0.15) is 16.2 Å². The molecule has 0 aliphatic carbocycles. The van der Waals surface area contributed by atoms with E-state index in [4.69, 9.17) is 27.7 Å². The van der Waals surface area contributed by atoms with Crippen molar-refractivity contribution >= 4 is 29.1 Å². The van der Waals surface area contributed by atoms with Gasteiger partial charge in [0.2, 0.25) is 11.7 Å². The summed E-state index contributed by atoms with van der Waals surface area (Å²) in [7, 11) is 1.52. The monoisotopic (exact) mass is 379 g/mol. The minimum absolute atomic E-state index is 0.0431. The van der Waals surface area contributed by atoms with Crippen LogP contribution in [0.4, 0.5) is 4.39 Å². The quantitative estimate of drug-likeness (QED) is 0.671. The molecule has 0 aliphatic heterocycles. The van der Waals surface area contributed by atoms with Gasteiger partial charge in [-0.05, 0) is 42.5 Å². The Labute approximate surface area is 153 Å². The summed E-state index contributed by atoms with van der Waals surface area (Å²) in [6.45, 7) is 0.0431. The predicted octanol–water partition coefficient (Wildman–Crippen LogP) is 4.45. The second kappa shape index (κ2) is 7.21. The minimum Gasteiger partial charge on any atom is -0.337 e. The highest BCUT2D eigenvalue weighted by molar-refractivity contribution is 6.31. The molecule has 1 heterocycles. The zero-order chi connectivity index (χ0) is 18.0. The molecule has 0 saturated carbocycles. The third-order valence-corrected chi connectivity index (χ3v) is 3.94. The van der Waals surface area contributed by atoms with Gasteiger partial charge >= 0.3 is 0 Å². The summed E-state index contributed by atoms with van der Waals surface area (Å²) in [6, 6.07) is 10.8. The SMILES string of the molecule is CN(Cc1nc(-c2ccc(Cl)cc2)no1)C(=O)c1ccc(Cl)cc1F. The molecule has 0 radical (unpaired) electrons. The Morgan fingerprint density at radius 3 is 2.52 bits per heavy atom. The highest BCUT2D eigenvalue weighted by Crippen LogP contribution is 2.20. The molecule has 0 unspecified atom stereocenters. The summed E-state index contributed by atoms with van der Waals surface area (Å²) < 4.78 is 19.0. The number of rotatable bonds is 4. The molecule has 8 heteroatoms. The van der Waals surface area contributed by atoms with E-state index in [0.717, 1.165) is 11.6 Å². The molecular weight excluding hydrogens is 368 g/mol. The van der Waals surface area contributed by atoms with Crippen molar-refractivity contribution in [2.24, 2.45) is 0 Å². The minimum atomic E-state index is -0.684. The number of hydrogen-bond donors (Lipinski definition) is 0. The van der Waals surface area contributed by atoms with Gasteiger partial charge in [0.05, 0.1) is 12.1 Å². The van der Waals surface area contributed by atoms with Crippen LogP contribution in [0, 0.1) is 5.82 Å².